The minimum atomic E-state index is -0.362. The smallest absolute Gasteiger partial charge is 0.221 e. The van der Waals surface area contributed by atoms with Gasteiger partial charge in [-0.3, -0.25) is 4.79 Å². The van der Waals surface area contributed by atoms with Crippen molar-refractivity contribution >= 4 is 17.4 Å². The van der Waals surface area contributed by atoms with Crippen LogP contribution < -0.4 is 11.1 Å². The molecule has 3 N–H and O–H groups in total. The molecule has 0 fully saturated rings. The molecule has 19 heavy (non-hydrogen) atoms. The minimum absolute atomic E-state index is 0.219. The monoisotopic (exact) mass is 253 g/mol. The summed E-state index contributed by atoms with van der Waals surface area (Å²) in [6, 6.07) is 9.15. The quantitative estimate of drug-likeness (QED) is 0.849. The maximum Gasteiger partial charge on any atom is 0.221 e. The average molecular weight is 253 g/mol. The molecule has 0 radical (unpaired) electrons. The van der Waals surface area contributed by atoms with E-state index in [1.807, 2.05) is 30.3 Å². The van der Waals surface area contributed by atoms with Gasteiger partial charge >= 0.3 is 0 Å². The molecular formula is C13H11N5O. The summed E-state index contributed by atoms with van der Waals surface area (Å²) < 4.78 is 0. The molecule has 6 heteroatoms. The number of carbonyl (C=O) groups excluding carboxylic acids is 1. The van der Waals surface area contributed by atoms with Gasteiger partial charge in [0.15, 0.2) is 5.69 Å². The van der Waals surface area contributed by atoms with E-state index >= 15 is 0 Å². The highest BCUT2D eigenvalue weighted by Crippen LogP contribution is 2.14. The maximum atomic E-state index is 10.8. The van der Waals surface area contributed by atoms with Crippen LogP contribution in [-0.2, 0) is 11.2 Å². The Labute approximate surface area is 109 Å². The average Bonchev–Trinajstić information content (AvgIpc) is 2.41. The lowest BCUT2D eigenvalue weighted by molar-refractivity contribution is -0.117. The Morgan fingerprint density at radius 3 is 2.53 bits per heavy atom. The molecule has 0 spiro atoms. The molecule has 2 aromatic rings. The van der Waals surface area contributed by atoms with Crippen LogP contribution in [0.3, 0.4) is 0 Å². The Morgan fingerprint density at radius 1 is 1.26 bits per heavy atom. The van der Waals surface area contributed by atoms with Crippen LogP contribution in [0.2, 0.25) is 0 Å². The van der Waals surface area contributed by atoms with Crippen molar-refractivity contribution in [3.8, 4) is 6.07 Å². The van der Waals surface area contributed by atoms with Crippen LogP contribution in [0, 0.1) is 11.3 Å². The molecule has 0 unspecified atom stereocenters. The molecule has 94 valence electrons. The molecule has 1 heterocycles. The predicted molar refractivity (Wildman–Crippen MR) is 69.4 cm³/mol. The molecule has 1 aromatic carbocycles. The molecule has 0 atom stereocenters. The normalized spacial score (nSPS) is 9.63. The Hall–Kier alpha value is -2.94. The summed E-state index contributed by atoms with van der Waals surface area (Å²) in [4.78, 5) is 18.7. The van der Waals surface area contributed by atoms with E-state index < -0.39 is 0 Å². The lowest BCUT2D eigenvalue weighted by Gasteiger charge is -2.05. The lowest BCUT2D eigenvalue weighted by atomic mass is 10.1. The first-order valence-electron chi connectivity index (χ1n) is 5.54. The zero-order chi connectivity index (χ0) is 13.7. The molecule has 0 aliphatic rings. The van der Waals surface area contributed by atoms with Crippen molar-refractivity contribution in [1.82, 2.24) is 9.97 Å². The van der Waals surface area contributed by atoms with Crippen molar-refractivity contribution in [1.29, 1.82) is 5.26 Å². The number of primary amides is 1. The van der Waals surface area contributed by atoms with Crippen LogP contribution in [-0.4, -0.2) is 15.9 Å². The summed E-state index contributed by atoms with van der Waals surface area (Å²) in [6.45, 7) is 0. The van der Waals surface area contributed by atoms with Crippen molar-refractivity contribution in [2.75, 3.05) is 5.32 Å². The second kappa shape index (κ2) is 5.60. The second-order valence-electron chi connectivity index (χ2n) is 3.86. The van der Waals surface area contributed by atoms with Crippen molar-refractivity contribution < 1.29 is 4.79 Å². The van der Waals surface area contributed by atoms with Gasteiger partial charge in [0, 0.05) is 5.69 Å². The zero-order valence-electron chi connectivity index (χ0n) is 10.00. The van der Waals surface area contributed by atoms with Gasteiger partial charge in [0.1, 0.15) is 11.9 Å². The zero-order valence-corrected chi connectivity index (χ0v) is 10.00. The Bertz CT molecular complexity index is 613. The van der Waals surface area contributed by atoms with Gasteiger partial charge in [-0.15, -0.1) is 0 Å². The van der Waals surface area contributed by atoms with Gasteiger partial charge in [-0.05, 0) is 17.7 Å². The van der Waals surface area contributed by atoms with Crippen molar-refractivity contribution in [2.24, 2.45) is 5.73 Å². The summed E-state index contributed by atoms with van der Waals surface area (Å²) >= 11 is 0. The Morgan fingerprint density at radius 2 is 2.00 bits per heavy atom. The fourth-order valence-electron chi connectivity index (χ4n) is 1.51. The number of nitrogens with two attached hydrogens (primary N) is 1. The van der Waals surface area contributed by atoms with E-state index in [0.717, 1.165) is 11.3 Å². The summed E-state index contributed by atoms with van der Waals surface area (Å²) in [5.74, 6) is 0.181. The molecule has 6 nitrogen and oxygen atoms in total. The molecule has 2 rings (SSSR count). The van der Waals surface area contributed by atoms with E-state index in [0.29, 0.717) is 5.82 Å². The van der Waals surface area contributed by atoms with Crippen molar-refractivity contribution in [3.05, 3.63) is 47.9 Å². The fraction of sp³-hybridized carbons (Fsp3) is 0.0769. The van der Waals surface area contributed by atoms with Gasteiger partial charge in [0.05, 0.1) is 18.8 Å². The fourth-order valence-corrected chi connectivity index (χ4v) is 1.51. The van der Waals surface area contributed by atoms with Crippen LogP contribution in [0.4, 0.5) is 11.5 Å². The number of hydrogen-bond donors (Lipinski definition) is 2. The van der Waals surface area contributed by atoms with Crippen LogP contribution in [0.1, 0.15) is 11.3 Å². The molecule has 0 saturated heterocycles. The second-order valence-corrected chi connectivity index (χ2v) is 3.86. The summed E-state index contributed by atoms with van der Waals surface area (Å²) in [7, 11) is 0. The van der Waals surface area contributed by atoms with E-state index in [4.69, 9.17) is 11.0 Å². The highest BCUT2D eigenvalue weighted by molar-refractivity contribution is 5.76. The van der Waals surface area contributed by atoms with Gasteiger partial charge < -0.3 is 11.1 Å². The van der Waals surface area contributed by atoms with Crippen LogP contribution in [0.5, 0.6) is 0 Å². The minimum Gasteiger partial charge on any atom is -0.369 e. The molecule has 1 amide bonds. The van der Waals surface area contributed by atoms with Gasteiger partial charge in [-0.1, -0.05) is 12.1 Å². The summed E-state index contributed by atoms with van der Waals surface area (Å²) in [5.41, 5.74) is 7.04. The van der Waals surface area contributed by atoms with Crippen LogP contribution in [0.25, 0.3) is 0 Å². The first-order chi connectivity index (χ1) is 9.17. The first-order valence-corrected chi connectivity index (χ1v) is 5.54. The van der Waals surface area contributed by atoms with E-state index in [9.17, 15) is 4.79 Å². The number of anilines is 2. The number of carbonyl (C=O) groups is 1. The number of benzene rings is 1. The Kier molecular flexibility index (Phi) is 3.69. The number of aromatic nitrogens is 2. The van der Waals surface area contributed by atoms with Gasteiger partial charge in [0.2, 0.25) is 5.91 Å². The highest BCUT2D eigenvalue weighted by atomic mass is 16.1. The van der Waals surface area contributed by atoms with Gasteiger partial charge in [-0.25, -0.2) is 9.97 Å². The molecule has 1 aromatic heterocycles. The largest absolute Gasteiger partial charge is 0.369 e. The van der Waals surface area contributed by atoms with Crippen LogP contribution in [0.15, 0.2) is 36.7 Å². The number of nitriles is 1. The molecular weight excluding hydrogens is 242 g/mol. The number of nitrogens with zero attached hydrogens (tertiary/aromatic N) is 3. The molecule has 0 aliphatic carbocycles. The van der Waals surface area contributed by atoms with E-state index in [2.05, 4.69) is 15.3 Å². The van der Waals surface area contributed by atoms with E-state index in [1.165, 1.54) is 12.4 Å². The van der Waals surface area contributed by atoms with Crippen molar-refractivity contribution in [2.45, 2.75) is 6.42 Å². The van der Waals surface area contributed by atoms with Gasteiger partial charge in [-0.2, -0.15) is 5.26 Å². The molecule has 0 saturated carbocycles. The SMILES string of the molecule is N#Cc1cnc(Nc2ccc(CC(N)=O)cc2)cn1. The topological polar surface area (TPSA) is 105 Å². The maximum absolute atomic E-state index is 10.8. The number of hydrogen-bond acceptors (Lipinski definition) is 5. The molecule has 0 aliphatic heterocycles. The summed E-state index contributed by atoms with van der Waals surface area (Å²) in [6.07, 6.45) is 3.09. The predicted octanol–water partition coefficient (Wildman–Crippen LogP) is 1.12. The Balaban J connectivity index is 2.06. The highest BCUT2D eigenvalue weighted by Gasteiger charge is 2.00. The van der Waals surface area contributed by atoms with Crippen LogP contribution >= 0.6 is 0 Å². The van der Waals surface area contributed by atoms with E-state index in [1.54, 1.807) is 0 Å². The van der Waals surface area contributed by atoms with Crippen molar-refractivity contribution in [3.63, 3.8) is 0 Å². The molecule has 0 bridgehead atoms. The third kappa shape index (κ3) is 3.51. The lowest BCUT2D eigenvalue weighted by Crippen LogP contribution is -2.13. The number of amides is 1. The number of nitrogens with one attached hydrogen (secondary N) is 1. The third-order valence-corrected chi connectivity index (χ3v) is 2.37. The number of rotatable bonds is 4. The van der Waals surface area contributed by atoms with E-state index in [-0.39, 0.29) is 18.0 Å². The summed E-state index contributed by atoms with van der Waals surface area (Å²) in [5, 5.41) is 11.6. The first kappa shape index (κ1) is 12.5. The van der Waals surface area contributed by atoms with Gasteiger partial charge in [0.25, 0.3) is 0 Å². The standard InChI is InChI=1S/C13H11N5O/c14-6-11-7-17-13(8-16-11)18-10-3-1-9(2-4-10)5-12(15)19/h1-4,7-8H,5H2,(H2,15,19)(H,17,18). The third-order valence-electron chi connectivity index (χ3n) is 2.37.